The fourth-order valence-corrected chi connectivity index (χ4v) is 5.84. The number of nitrogens with one attached hydrogen (secondary N) is 1. The van der Waals surface area contributed by atoms with Gasteiger partial charge in [-0.25, -0.2) is 13.4 Å². The Morgan fingerprint density at radius 3 is 2.54 bits per heavy atom. The summed E-state index contributed by atoms with van der Waals surface area (Å²) in [4.78, 5) is 9.43. The lowest BCUT2D eigenvalue weighted by Crippen LogP contribution is -2.12. The number of rotatable bonds is 12. The zero-order chi connectivity index (χ0) is 24.8. The monoisotopic (exact) mass is 495 g/mol. The van der Waals surface area contributed by atoms with Crippen molar-refractivity contribution in [1.82, 2.24) is 25.0 Å². The number of aryl methyl sites for hydroxylation is 3. The lowest BCUT2D eigenvalue weighted by atomic mass is 10.1. The van der Waals surface area contributed by atoms with Crippen LogP contribution < -0.4 is 10.6 Å². The van der Waals surface area contributed by atoms with Gasteiger partial charge in [-0.15, -0.1) is 5.10 Å². The Morgan fingerprint density at radius 2 is 1.77 bits per heavy atom. The standard InChI is InChI=1S/C25H33N7O2S/c1-31(2)23-13-6-12-22-21(23)11-7-14-24(22)35(33,34)16-8-15-32-18-20(29-30-32)10-5-3-4-9-19-17-27-25(26)28-19/h6-7,11-14,17-18H,3-5,8-10,15-16H2,1-2H3,(H3,26,27,28). The van der Waals surface area contributed by atoms with Crippen LogP contribution in [0.1, 0.15) is 37.1 Å². The second kappa shape index (κ2) is 10.9. The van der Waals surface area contributed by atoms with Crippen LogP contribution in [0.4, 0.5) is 11.6 Å². The average molecular weight is 496 g/mol. The second-order valence-corrected chi connectivity index (χ2v) is 11.1. The maximum atomic E-state index is 13.2. The first kappa shape index (κ1) is 24.7. The van der Waals surface area contributed by atoms with Gasteiger partial charge in [0.25, 0.3) is 0 Å². The summed E-state index contributed by atoms with van der Waals surface area (Å²) in [5.41, 5.74) is 8.59. The zero-order valence-corrected chi connectivity index (χ0v) is 21.1. The minimum absolute atomic E-state index is 0.0611. The minimum atomic E-state index is -3.43. The van der Waals surface area contributed by atoms with E-state index in [1.807, 2.05) is 55.5 Å². The molecule has 0 aliphatic heterocycles. The third-order valence-electron chi connectivity index (χ3n) is 6.09. The molecule has 0 saturated heterocycles. The SMILES string of the molecule is CN(C)c1cccc2c(S(=O)(=O)CCCn3cc(CCCCCc4cnc(N)[nH]4)nn3)cccc12. The summed E-state index contributed by atoms with van der Waals surface area (Å²) >= 11 is 0. The van der Waals surface area contributed by atoms with Crippen LogP contribution in [-0.2, 0) is 29.2 Å². The second-order valence-electron chi connectivity index (χ2n) is 9.02. The molecule has 0 aliphatic carbocycles. The number of fused-ring (bicyclic) bond motifs is 1. The fourth-order valence-electron chi connectivity index (χ4n) is 4.32. The predicted octanol–water partition coefficient (Wildman–Crippen LogP) is 3.62. The molecule has 9 nitrogen and oxygen atoms in total. The summed E-state index contributed by atoms with van der Waals surface area (Å²) in [7, 11) is 0.487. The van der Waals surface area contributed by atoms with Gasteiger partial charge in [-0.1, -0.05) is 35.9 Å². The van der Waals surface area contributed by atoms with Crippen molar-refractivity contribution in [3.05, 3.63) is 60.2 Å². The highest BCUT2D eigenvalue weighted by molar-refractivity contribution is 7.91. The molecule has 10 heteroatoms. The molecule has 0 spiro atoms. The number of hydrogen-bond donors (Lipinski definition) is 2. The number of imidazole rings is 1. The van der Waals surface area contributed by atoms with E-state index in [2.05, 4.69) is 20.3 Å². The molecule has 4 rings (SSSR count). The first-order chi connectivity index (χ1) is 16.8. The molecule has 0 aliphatic rings. The third kappa shape index (κ3) is 6.19. The van der Waals surface area contributed by atoms with Gasteiger partial charge in [-0.05, 0) is 44.2 Å². The number of anilines is 2. The number of H-pyrrole nitrogens is 1. The molecule has 2 heterocycles. The van der Waals surface area contributed by atoms with Crippen molar-refractivity contribution < 1.29 is 8.42 Å². The molecule has 186 valence electrons. The highest BCUT2D eigenvalue weighted by Gasteiger charge is 2.18. The molecule has 3 N–H and O–H groups in total. The van der Waals surface area contributed by atoms with Gasteiger partial charge in [0.05, 0.1) is 22.5 Å². The number of hydrogen-bond acceptors (Lipinski definition) is 7. The topological polar surface area (TPSA) is 123 Å². The van der Waals surface area contributed by atoms with Gasteiger partial charge in [-0.3, -0.25) is 4.68 Å². The quantitative estimate of drug-likeness (QED) is 0.288. The summed E-state index contributed by atoms with van der Waals surface area (Å²) in [5, 5.41) is 10.1. The van der Waals surface area contributed by atoms with Crippen molar-refractivity contribution in [3.8, 4) is 0 Å². The summed E-state index contributed by atoms with van der Waals surface area (Å²) in [5.74, 6) is 0.519. The van der Waals surface area contributed by atoms with Gasteiger partial charge < -0.3 is 15.6 Å². The van der Waals surface area contributed by atoms with Gasteiger partial charge >= 0.3 is 0 Å². The molecule has 0 fully saturated rings. The first-order valence-corrected chi connectivity index (χ1v) is 13.6. The van der Waals surface area contributed by atoms with Crippen LogP contribution in [0.2, 0.25) is 0 Å². The molecule has 0 radical (unpaired) electrons. The molecule has 35 heavy (non-hydrogen) atoms. The van der Waals surface area contributed by atoms with E-state index in [-0.39, 0.29) is 5.75 Å². The van der Waals surface area contributed by atoms with Crippen LogP contribution in [0, 0.1) is 0 Å². The first-order valence-electron chi connectivity index (χ1n) is 11.9. The van der Waals surface area contributed by atoms with Crippen molar-refractivity contribution in [2.75, 3.05) is 30.5 Å². The molecule has 2 aromatic carbocycles. The van der Waals surface area contributed by atoms with Crippen LogP contribution >= 0.6 is 0 Å². The smallest absolute Gasteiger partial charge is 0.197 e. The van der Waals surface area contributed by atoms with E-state index >= 15 is 0 Å². The molecule has 2 aromatic heterocycles. The van der Waals surface area contributed by atoms with Gasteiger partial charge in [0.1, 0.15) is 0 Å². The number of nitrogens with zero attached hydrogens (tertiary/aromatic N) is 5. The average Bonchev–Trinajstić information content (AvgIpc) is 3.46. The van der Waals surface area contributed by atoms with Crippen LogP contribution in [0.15, 0.2) is 53.7 Å². The zero-order valence-electron chi connectivity index (χ0n) is 20.3. The molecular formula is C25H33N7O2S. The Bertz CT molecular complexity index is 1380. The number of aromatic amines is 1. The fraction of sp³-hybridized carbons (Fsp3) is 0.400. The van der Waals surface area contributed by atoms with E-state index in [9.17, 15) is 8.42 Å². The Kier molecular flexibility index (Phi) is 7.70. The van der Waals surface area contributed by atoms with E-state index in [0.717, 1.165) is 60.0 Å². The largest absolute Gasteiger partial charge is 0.377 e. The predicted molar refractivity (Wildman–Crippen MR) is 139 cm³/mol. The number of benzene rings is 2. The van der Waals surface area contributed by atoms with Crippen LogP contribution in [0.25, 0.3) is 10.8 Å². The van der Waals surface area contributed by atoms with E-state index in [1.54, 1.807) is 16.9 Å². The minimum Gasteiger partial charge on any atom is -0.377 e. The molecule has 0 atom stereocenters. The number of sulfone groups is 1. The summed E-state index contributed by atoms with van der Waals surface area (Å²) < 4.78 is 28.1. The lowest BCUT2D eigenvalue weighted by molar-refractivity contribution is 0.562. The van der Waals surface area contributed by atoms with Gasteiger partial charge in [-0.2, -0.15) is 0 Å². The molecule has 0 saturated carbocycles. The number of nitrogen functional groups attached to an aromatic ring is 1. The van der Waals surface area contributed by atoms with Crippen LogP contribution in [-0.4, -0.2) is 53.2 Å². The van der Waals surface area contributed by atoms with E-state index in [0.29, 0.717) is 23.8 Å². The van der Waals surface area contributed by atoms with Gasteiger partial charge in [0, 0.05) is 49.0 Å². The van der Waals surface area contributed by atoms with Crippen molar-refractivity contribution in [2.45, 2.75) is 50.0 Å². The maximum absolute atomic E-state index is 13.2. The Balaban J connectivity index is 1.27. The van der Waals surface area contributed by atoms with E-state index in [4.69, 9.17) is 5.73 Å². The normalized spacial score (nSPS) is 11.8. The molecule has 0 unspecified atom stereocenters. The Hall–Kier alpha value is -3.40. The van der Waals surface area contributed by atoms with Crippen molar-refractivity contribution in [3.63, 3.8) is 0 Å². The van der Waals surface area contributed by atoms with E-state index < -0.39 is 9.84 Å². The van der Waals surface area contributed by atoms with Crippen LogP contribution in [0.5, 0.6) is 0 Å². The number of aromatic nitrogens is 5. The summed E-state index contributed by atoms with van der Waals surface area (Å²) in [6, 6.07) is 11.3. The lowest BCUT2D eigenvalue weighted by Gasteiger charge is -2.17. The van der Waals surface area contributed by atoms with Crippen molar-refractivity contribution in [2.24, 2.45) is 0 Å². The molecular weight excluding hydrogens is 462 g/mol. The molecule has 4 aromatic rings. The number of nitrogens with two attached hydrogens (primary N) is 1. The number of unbranched alkanes of at least 4 members (excludes halogenated alkanes) is 2. The summed E-state index contributed by atoms with van der Waals surface area (Å²) in [6.45, 7) is 0.515. The van der Waals surface area contributed by atoms with Gasteiger partial charge in [0.2, 0.25) is 0 Å². The van der Waals surface area contributed by atoms with Crippen LogP contribution in [0.3, 0.4) is 0 Å². The highest BCUT2D eigenvalue weighted by atomic mass is 32.2. The van der Waals surface area contributed by atoms with Crippen molar-refractivity contribution >= 4 is 32.2 Å². The summed E-state index contributed by atoms with van der Waals surface area (Å²) in [6.07, 6.45) is 9.11. The van der Waals surface area contributed by atoms with E-state index in [1.165, 1.54) is 0 Å². The highest BCUT2D eigenvalue weighted by Crippen LogP contribution is 2.30. The van der Waals surface area contributed by atoms with Gasteiger partial charge in [0.15, 0.2) is 15.8 Å². The maximum Gasteiger partial charge on any atom is 0.197 e. The molecule has 0 amide bonds. The third-order valence-corrected chi connectivity index (χ3v) is 7.94. The molecule has 0 bridgehead atoms. The Labute approximate surface area is 206 Å². The Morgan fingerprint density at radius 1 is 1.00 bits per heavy atom. The van der Waals surface area contributed by atoms with Crippen molar-refractivity contribution in [1.29, 1.82) is 0 Å².